The normalized spacial score (nSPS) is 16.3. The summed E-state index contributed by atoms with van der Waals surface area (Å²) in [7, 11) is -0.374. The molecule has 2 amide bonds. The van der Waals surface area contributed by atoms with Crippen LogP contribution in [0.1, 0.15) is 117 Å². The second-order valence-electron chi connectivity index (χ2n) is 27.6. The van der Waals surface area contributed by atoms with Gasteiger partial charge in [-0.25, -0.2) is 29.5 Å². The van der Waals surface area contributed by atoms with Gasteiger partial charge < -0.3 is 57.4 Å². The van der Waals surface area contributed by atoms with Crippen LogP contribution in [0.15, 0.2) is 148 Å². The summed E-state index contributed by atoms with van der Waals surface area (Å²) in [5.41, 5.74) is 13.0. The number of rotatable bonds is 10. The number of para-hydroxylation sites is 2. The Morgan fingerprint density at radius 3 is 1.44 bits per heavy atom. The first-order chi connectivity index (χ1) is 47.5. The molecule has 2 N–H and O–H groups in total. The van der Waals surface area contributed by atoms with Crippen LogP contribution in [0.2, 0.25) is 0 Å². The van der Waals surface area contributed by atoms with Crippen LogP contribution in [-0.2, 0) is 41.9 Å². The van der Waals surface area contributed by atoms with E-state index in [0.29, 0.717) is 38.1 Å². The molecule has 6 aromatic heterocycles. The van der Waals surface area contributed by atoms with E-state index < -0.39 is 34.3 Å². The molecule has 9 heterocycles. The van der Waals surface area contributed by atoms with Gasteiger partial charge in [0.15, 0.2) is 0 Å². The van der Waals surface area contributed by atoms with Crippen LogP contribution in [0.5, 0.6) is 0 Å². The van der Waals surface area contributed by atoms with Gasteiger partial charge >= 0.3 is 42.4 Å². The van der Waals surface area contributed by atoms with Crippen molar-refractivity contribution in [3.63, 3.8) is 0 Å². The van der Waals surface area contributed by atoms with Crippen molar-refractivity contribution in [1.29, 1.82) is 0 Å². The van der Waals surface area contributed by atoms with Gasteiger partial charge in [-0.15, -0.1) is 0 Å². The molecule has 100 heavy (non-hydrogen) atoms. The van der Waals surface area contributed by atoms with Crippen molar-refractivity contribution in [1.82, 2.24) is 49.2 Å². The van der Waals surface area contributed by atoms with Crippen LogP contribution in [0, 0.1) is 27.7 Å². The Morgan fingerprint density at radius 2 is 1.02 bits per heavy atom. The van der Waals surface area contributed by atoms with Gasteiger partial charge in [0.25, 0.3) is 0 Å². The summed E-state index contributed by atoms with van der Waals surface area (Å²) in [6, 6.07) is 33.4. The minimum atomic E-state index is -0.750. The van der Waals surface area contributed by atoms with E-state index in [-0.39, 0.29) is 42.6 Å². The summed E-state index contributed by atoms with van der Waals surface area (Å²) >= 11 is 2.13. The molecule has 28 heteroatoms. The smallest absolute Gasteiger partial charge is 0.444 e. The van der Waals surface area contributed by atoms with Crippen LogP contribution in [0.25, 0.3) is 66.8 Å². The molecule has 0 spiro atoms. The second kappa shape index (κ2) is 32.4. The zero-order valence-corrected chi connectivity index (χ0v) is 61.9. The first kappa shape index (κ1) is 75.0. The van der Waals surface area contributed by atoms with Gasteiger partial charge in [0.05, 0.1) is 45.0 Å². The number of piperidine rings is 2. The highest BCUT2D eigenvalue weighted by molar-refractivity contribution is 9.10. The van der Waals surface area contributed by atoms with Crippen LogP contribution >= 0.6 is 15.9 Å². The third kappa shape index (κ3) is 18.6. The monoisotopic (exact) mass is 1460 g/mol. The summed E-state index contributed by atoms with van der Waals surface area (Å²) in [5, 5.41) is 17.1. The fourth-order valence-electron chi connectivity index (χ4n) is 11.8. The molecule has 0 radical (unpaired) electrons. The summed E-state index contributed by atoms with van der Waals surface area (Å²) in [6.07, 6.45) is 14.4. The van der Waals surface area contributed by atoms with Crippen molar-refractivity contribution in [3.8, 4) is 45.0 Å². The Kier molecular flexibility index (Phi) is 24.3. The number of anilines is 2. The SMILES string of the molecule is Cc1cnc(N[C@H]2CCCN(C(=O)OC(C)(C)C)C2)nc1-c1cn(-c2ccccc2)c2cc(-c3conc3C)ccc12.Cc1cnc(N[C@H]2CCCN(C(=O)OC(C)(C)C)C2)nc1-c1cn(-c2ccccc2)c2cc(Br)ccc12.Cc1nocc1B1OC(C)(C)C(C)(C)O1.O=S=O.O=S=O. The number of hydrogen-bond donors (Lipinski definition) is 2. The average molecular weight is 1460 g/mol. The third-order valence-electron chi connectivity index (χ3n) is 17.3. The van der Waals surface area contributed by atoms with Crippen molar-refractivity contribution in [2.24, 2.45) is 0 Å². The molecular weight excluding hydrogens is 1380 g/mol. The molecule has 0 bridgehead atoms. The Balaban J connectivity index is 0.000000183. The lowest BCUT2D eigenvalue weighted by Crippen LogP contribution is -2.47. The number of halogens is 1. The predicted molar refractivity (Wildman–Crippen MR) is 390 cm³/mol. The number of likely N-dealkylation sites (tertiary alicyclic amines) is 2. The molecule has 3 aliphatic rings. The van der Waals surface area contributed by atoms with Crippen LogP contribution in [0.3, 0.4) is 0 Å². The summed E-state index contributed by atoms with van der Waals surface area (Å²) in [4.78, 5) is 48.0. The van der Waals surface area contributed by atoms with Crippen LogP contribution < -0.4 is 16.1 Å². The summed E-state index contributed by atoms with van der Waals surface area (Å²) in [6.45, 7) is 29.8. The molecule has 13 rings (SSSR count). The van der Waals surface area contributed by atoms with Gasteiger partial charge in [-0.2, -0.15) is 16.8 Å². The lowest BCUT2D eigenvalue weighted by atomic mass is 9.80. The quantitative estimate of drug-likeness (QED) is 0.120. The highest BCUT2D eigenvalue weighted by atomic mass is 79.9. The Morgan fingerprint density at radius 1 is 0.590 bits per heavy atom. The number of nitrogens with zero attached hydrogens (tertiary/aromatic N) is 10. The number of nitrogens with one attached hydrogen (secondary N) is 2. The van der Waals surface area contributed by atoms with Crippen molar-refractivity contribution in [2.75, 3.05) is 36.8 Å². The maximum absolute atomic E-state index is 12.7. The van der Waals surface area contributed by atoms with Crippen molar-refractivity contribution in [2.45, 2.75) is 157 Å². The number of amides is 2. The molecule has 2 atom stereocenters. The number of carbonyl (C=O) groups is 2. The zero-order chi connectivity index (χ0) is 72.3. The Hall–Kier alpha value is -9.22. The highest BCUT2D eigenvalue weighted by Gasteiger charge is 2.52. The van der Waals surface area contributed by atoms with Gasteiger partial charge in [-0.3, -0.25) is 0 Å². The van der Waals surface area contributed by atoms with E-state index in [1.807, 2.05) is 146 Å². The fourth-order valence-corrected chi connectivity index (χ4v) is 12.1. The minimum Gasteiger partial charge on any atom is -0.444 e. The minimum absolute atomic E-state index is 0.0295. The number of ether oxygens (including phenoxy) is 2. The predicted octanol–water partition coefficient (Wildman–Crippen LogP) is 14.1. The molecule has 3 aliphatic heterocycles. The van der Waals surface area contributed by atoms with Gasteiger partial charge in [0.2, 0.25) is 11.9 Å². The van der Waals surface area contributed by atoms with E-state index in [1.165, 1.54) is 0 Å². The van der Waals surface area contributed by atoms with E-state index in [9.17, 15) is 9.59 Å². The number of benzene rings is 4. The molecule has 0 saturated carbocycles. The van der Waals surface area contributed by atoms with Crippen molar-refractivity contribution in [3.05, 3.63) is 161 Å². The largest absolute Gasteiger partial charge is 0.500 e. The third-order valence-corrected chi connectivity index (χ3v) is 17.8. The molecule has 0 unspecified atom stereocenters. The van der Waals surface area contributed by atoms with Crippen molar-refractivity contribution >= 4 is 97.5 Å². The molecule has 3 saturated heterocycles. The first-order valence-corrected chi connectivity index (χ1v) is 34.9. The first-order valence-electron chi connectivity index (χ1n) is 32.8. The number of aryl methyl sites for hydroxylation is 4. The van der Waals surface area contributed by atoms with Gasteiger partial charge in [0, 0.05) is 112 Å². The van der Waals surface area contributed by atoms with Gasteiger partial charge in [0.1, 0.15) is 23.7 Å². The number of fused-ring (bicyclic) bond motifs is 2. The molecule has 10 aromatic rings. The van der Waals surface area contributed by atoms with E-state index in [4.69, 9.17) is 54.6 Å². The average Bonchev–Trinajstić information content (AvgIpc) is 1.54. The molecule has 0 aliphatic carbocycles. The van der Waals surface area contributed by atoms with Crippen LogP contribution in [0.4, 0.5) is 21.5 Å². The fraction of sp³-hybridized carbons (Fsp3) is 0.389. The van der Waals surface area contributed by atoms with Gasteiger partial charge in [-0.05, 0) is 182 Å². The van der Waals surface area contributed by atoms with Crippen molar-refractivity contribution < 1.29 is 54.3 Å². The zero-order valence-electron chi connectivity index (χ0n) is 58.7. The molecule has 4 aromatic carbocycles. The topological polar surface area (TPSA) is 283 Å². The molecule has 3 fully saturated rings. The summed E-state index contributed by atoms with van der Waals surface area (Å²) < 4.78 is 71.6. The Bertz CT molecular complexity index is 4530. The maximum atomic E-state index is 12.7. The second-order valence-corrected chi connectivity index (χ2v) is 28.7. The van der Waals surface area contributed by atoms with E-state index >= 15 is 0 Å². The van der Waals surface area contributed by atoms with E-state index in [1.54, 1.807) is 22.3 Å². The van der Waals surface area contributed by atoms with Crippen LogP contribution in [-0.4, -0.2) is 146 Å². The van der Waals surface area contributed by atoms with E-state index in [0.717, 1.165) is 125 Å². The highest BCUT2D eigenvalue weighted by Crippen LogP contribution is 2.40. The number of carbonyl (C=O) groups excluding carboxylic acids is 2. The summed E-state index contributed by atoms with van der Waals surface area (Å²) in [5.74, 6) is 1.11. The lowest BCUT2D eigenvalue weighted by Gasteiger charge is -2.34. The number of hydrogen-bond acceptors (Lipinski definition) is 20. The number of aromatic nitrogens is 8. The van der Waals surface area contributed by atoms with Gasteiger partial charge in [-0.1, -0.05) is 80.8 Å². The molecular formula is C72H84BBrN12O12S2. The maximum Gasteiger partial charge on any atom is 0.500 e. The standard InChI is InChI=1S/C33H36N6O3.C29H32BrN5O2.C10H16BNO3.2O2S/c1-21-17-34-31(35-24-10-9-15-38(18-24)32(40)42-33(3,4)5)36-30(21)27-19-39(25-11-7-6-8-12-25)29-16-23(13-14-26(27)29)28-20-41-37-22(28)2;1-19-16-31-27(32-21-9-8-14-34(17-21)28(36)37-29(2,3)4)33-26(19)24-18-35(22-10-6-5-7-11-22)25-15-20(30)12-13-23(24)25;1-7-8(6-13-12-7)11-14-9(2,3)10(4,5)15-11;2*1-3-2/h6-8,11-14,16-17,19-20,24H,9-10,15,18H2,1-5H3,(H,34,35,36);5-7,10-13,15-16,18,21H,8-9,14,17H2,1-4H3,(H,31,32,33);6H,1-5H3;;/t24-;21-;;;/m00.../s1. The Labute approximate surface area is 597 Å². The molecule has 24 nitrogen and oxygen atoms in total. The lowest BCUT2D eigenvalue weighted by molar-refractivity contribution is 0.00578. The molecule has 526 valence electrons. The van der Waals surface area contributed by atoms with E-state index in [2.05, 4.69) is 129 Å².